The van der Waals surface area contributed by atoms with E-state index in [1.807, 2.05) is 0 Å². The molecule has 1 aromatic rings. The van der Waals surface area contributed by atoms with Gasteiger partial charge in [-0.15, -0.1) is 0 Å². The smallest absolute Gasteiger partial charge is 0.392 e. The second-order valence-corrected chi connectivity index (χ2v) is 3.78. The maximum Gasteiger partial charge on any atom is 0.418 e. The SMILES string of the molecule is CN(CC(F)F)c1ccc(CO)cc1C(F)(F)F. The highest BCUT2D eigenvalue weighted by molar-refractivity contribution is 5.56. The summed E-state index contributed by atoms with van der Waals surface area (Å²) in [6.07, 6.45) is -7.38. The average Bonchev–Trinajstić information content (AvgIpc) is 2.26. The van der Waals surface area contributed by atoms with Crippen molar-refractivity contribution < 1.29 is 27.1 Å². The number of aliphatic hydroxyl groups excluding tert-OH is 1. The molecule has 0 spiro atoms. The van der Waals surface area contributed by atoms with Crippen LogP contribution in [0.15, 0.2) is 18.2 Å². The van der Waals surface area contributed by atoms with E-state index in [0.717, 1.165) is 24.1 Å². The highest BCUT2D eigenvalue weighted by atomic mass is 19.4. The Labute approximate surface area is 101 Å². The summed E-state index contributed by atoms with van der Waals surface area (Å²) in [4.78, 5) is 0.842. The summed E-state index contributed by atoms with van der Waals surface area (Å²) >= 11 is 0. The van der Waals surface area contributed by atoms with Crippen molar-refractivity contribution in [2.45, 2.75) is 19.2 Å². The van der Waals surface area contributed by atoms with E-state index in [9.17, 15) is 22.0 Å². The minimum absolute atomic E-state index is 0.0801. The summed E-state index contributed by atoms with van der Waals surface area (Å²) in [6.45, 7) is -1.33. The van der Waals surface area contributed by atoms with Gasteiger partial charge in [0.05, 0.1) is 18.7 Å². The van der Waals surface area contributed by atoms with Gasteiger partial charge in [0.25, 0.3) is 6.43 Å². The van der Waals surface area contributed by atoms with Gasteiger partial charge in [-0.3, -0.25) is 0 Å². The van der Waals surface area contributed by atoms with Crippen molar-refractivity contribution in [3.05, 3.63) is 29.3 Å². The van der Waals surface area contributed by atoms with Gasteiger partial charge in [-0.25, -0.2) is 8.78 Å². The Bertz CT molecular complexity index is 405. The second-order valence-electron chi connectivity index (χ2n) is 3.78. The van der Waals surface area contributed by atoms with Gasteiger partial charge < -0.3 is 10.0 Å². The number of aliphatic hydroxyl groups is 1. The molecule has 0 aliphatic heterocycles. The van der Waals surface area contributed by atoms with Crippen LogP contribution in [0.3, 0.4) is 0 Å². The lowest BCUT2D eigenvalue weighted by atomic mass is 10.1. The first-order chi connectivity index (χ1) is 8.25. The molecule has 7 heteroatoms. The van der Waals surface area contributed by atoms with Crippen LogP contribution >= 0.6 is 0 Å². The van der Waals surface area contributed by atoms with E-state index in [1.54, 1.807) is 0 Å². The third-order valence-corrected chi connectivity index (χ3v) is 2.37. The molecule has 0 amide bonds. The predicted molar refractivity (Wildman–Crippen MR) is 56.6 cm³/mol. The lowest BCUT2D eigenvalue weighted by molar-refractivity contribution is -0.137. The molecule has 0 radical (unpaired) electrons. The fourth-order valence-corrected chi connectivity index (χ4v) is 1.55. The van der Waals surface area contributed by atoms with Crippen molar-refractivity contribution in [2.75, 3.05) is 18.5 Å². The van der Waals surface area contributed by atoms with Crippen LogP contribution in [-0.2, 0) is 12.8 Å². The third-order valence-electron chi connectivity index (χ3n) is 2.37. The lowest BCUT2D eigenvalue weighted by Gasteiger charge is -2.23. The highest BCUT2D eigenvalue weighted by Gasteiger charge is 2.35. The topological polar surface area (TPSA) is 23.5 Å². The number of hydrogen-bond acceptors (Lipinski definition) is 2. The molecule has 1 rings (SSSR count). The summed E-state index contributed by atoms with van der Waals surface area (Å²) < 4.78 is 62.7. The largest absolute Gasteiger partial charge is 0.418 e. The van der Waals surface area contributed by atoms with Crippen molar-refractivity contribution in [1.82, 2.24) is 0 Å². The molecule has 18 heavy (non-hydrogen) atoms. The van der Waals surface area contributed by atoms with Gasteiger partial charge in [-0.2, -0.15) is 13.2 Å². The number of nitrogens with zero attached hydrogens (tertiary/aromatic N) is 1. The molecule has 0 aliphatic carbocycles. The van der Waals surface area contributed by atoms with E-state index in [2.05, 4.69) is 0 Å². The summed E-state index contributed by atoms with van der Waals surface area (Å²) in [5.41, 5.74) is -1.28. The molecule has 2 nitrogen and oxygen atoms in total. The minimum Gasteiger partial charge on any atom is -0.392 e. The van der Waals surface area contributed by atoms with Crippen LogP contribution in [0.5, 0.6) is 0 Å². The maximum atomic E-state index is 12.8. The van der Waals surface area contributed by atoms with Crippen molar-refractivity contribution in [1.29, 1.82) is 0 Å². The normalized spacial score (nSPS) is 12.0. The molecule has 0 heterocycles. The first-order valence-corrected chi connectivity index (χ1v) is 5.06. The van der Waals surface area contributed by atoms with Crippen molar-refractivity contribution >= 4 is 5.69 Å². The monoisotopic (exact) mass is 269 g/mol. The Morgan fingerprint density at radius 3 is 2.33 bits per heavy atom. The van der Waals surface area contributed by atoms with Crippen LogP contribution in [0.2, 0.25) is 0 Å². The van der Waals surface area contributed by atoms with Gasteiger partial charge in [0.1, 0.15) is 0 Å². The first-order valence-electron chi connectivity index (χ1n) is 5.06. The Morgan fingerprint density at radius 2 is 1.89 bits per heavy atom. The Morgan fingerprint density at radius 1 is 1.28 bits per heavy atom. The van der Waals surface area contributed by atoms with Crippen LogP contribution in [0.4, 0.5) is 27.6 Å². The fraction of sp³-hybridized carbons (Fsp3) is 0.455. The molecular formula is C11H12F5NO. The van der Waals surface area contributed by atoms with Crippen LogP contribution in [0.1, 0.15) is 11.1 Å². The molecule has 0 aromatic heterocycles. The number of rotatable bonds is 4. The number of anilines is 1. The summed E-state index contributed by atoms with van der Waals surface area (Å²) in [6, 6.07) is 3.11. The zero-order valence-electron chi connectivity index (χ0n) is 9.51. The molecule has 0 saturated carbocycles. The molecular weight excluding hydrogens is 257 g/mol. The molecule has 0 atom stereocenters. The zero-order valence-corrected chi connectivity index (χ0v) is 9.51. The zero-order chi connectivity index (χ0) is 13.9. The summed E-state index contributed by atoms with van der Waals surface area (Å²) in [7, 11) is 1.16. The molecule has 0 saturated heterocycles. The lowest BCUT2D eigenvalue weighted by Crippen LogP contribution is -2.26. The summed E-state index contributed by atoms with van der Waals surface area (Å²) in [5.74, 6) is 0. The quantitative estimate of drug-likeness (QED) is 0.849. The second kappa shape index (κ2) is 5.51. The van der Waals surface area contributed by atoms with E-state index < -0.39 is 31.3 Å². The first kappa shape index (κ1) is 14.7. The van der Waals surface area contributed by atoms with Gasteiger partial charge >= 0.3 is 6.18 Å². The Hall–Kier alpha value is -1.37. The molecule has 0 unspecified atom stereocenters. The molecule has 1 aromatic carbocycles. The molecule has 0 aliphatic rings. The van der Waals surface area contributed by atoms with Crippen molar-refractivity contribution in [3.63, 3.8) is 0 Å². The van der Waals surface area contributed by atoms with E-state index in [-0.39, 0.29) is 11.3 Å². The van der Waals surface area contributed by atoms with Crippen LogP contribution < -0.4 is 4.90 Å². The van der Waals surface area contributed by atoms with Crippen molar-refractivity contribution in [2.24, 2.45) is 0 Å². The standard InChI is InChI=1S/C11H12F5NO/c1-17(5-10(12)13)9-3-2-7(6-18)4-8(9)11(14,15)16/h2-4,10,18H,5-6H2,1H3. The number of benzene rings is 1. The van der Waals surface area contributed by atoms with Crippen LogP contribution in [-0.4, -0.2) is 25.1 Å². The van der Waals surface area contributed by atoms with E-state index in [4.69, 9.17) is 5.11 Å². The van der Waals surface area contributed by atoms with Gasteiger partial charge in [-0.1, -0.05) is 6.07 Å². The van der Waals surface area contributed by atoms with Crippen LogP contribution in [0.25, 0.3) is 0 Å². The number of halogens is 5. The van der Waals surface area contributed by atoms with Gasteiger partial charge in [0.15, 0.2) is 0 Å². The minimum atomic E-state index is -4.66. The van der Waals surface area contributed by atoms with E-state index in [0.29, 0.717) is 0 Å². The molecule has 0 fully saturated rings. The Balaban J connectivity index is 3.18. The third kappa shape index (κ3) is 3.56. The van der Waals surface area contributed by atoms with Gasteiger partial charge in [0, 0.05) is 12.7 Å². The number of hydrogen-bond donors (Lipinski definition) is 1. The number of alkyl halides is 5. The summed E-state index contributed by atoms with van der Waals surface area (Å²) in [5, 5.41) is 8.80. The highest BCUT2D eigenvalue weighted by Crippen LogP contribution is 2.37. The fourth-order valence-electron chi connectivity index (χ4n) is 1.55. The van der Waals surface area contributed by atoms with E-state index in [1.165, 1.54) is 6.07 Å². The molecule has 1 N–H and O–H groups in total. The maximum absolute atomic E-state index is 12.8. The van der Waals surface area contributed by atoms with Gasteiger partial charge in [0.2, 0.25) is 0 Å². The molecule has 0 bridgehead atoms. The van der Waals surface area contributed by atoms with Crippen molar-refractivity contribution in [3.8, 4) is 0 Å². The van der Waals surface area contributed by atoms with Crippen LogP contribution in [0, 0.1) is 0 Å². The van der Waals surface area contributed by atoms with Gasteiger partial charge in [-0.05, 0) is 17.7 Å². The average molecular weight is 269 g/mol. The predicted octanol–water partition coefficient (Wildman–Crippen LogP) is 2.90. The molecule has 102 valence electrons. The van der Waals surface area contributed by atoms with E-state index >= 15 is 0 Å². The Kier molecular flexibility index (Phi) is 4.50.